The van der Waals surface area contributed by atoms with E-state index in [4.69, 9.17) is 4.74 Å². The van der Waals surface area contributed by atoms with E-state index in [1.165, 1.54) is 64.7 Å². The average Bonchev–Trinajstić information content (AvgIpc) is 2.91. The summed E-state index contributed by atoms with van der Waals surface area (Å²) in [5, 5.41) is 7.08. The third-order valence-corrected chi connectivity index (χ3v) is 4.42. The zero-order valence-electron chi connectivity index (χ0n) is 11.3. The Morgan fingerprint density at radius 3 is 2.94 bits per heavy atom. The molecule has 1 saturated heterocycles. The summed E-state index contributed by atoms with van der Waals surface area (Å²) >= 11 is 0. The predicted molar refractivity (Wildman–Crippen MR) is 71.2 cm³/mol. The second kappa shape index (κ2) is 6.72. The average molecular weight is 240 g/mol. The number of hydrogen-bond donors (Lipinski definition) is 2. The van der Waals surface area contributed by atoms with Gasteiger partial charge in [0.05, 0.1) is 0 Å². The van der Waals surface area contributed by atoms with E-state index >= 15 is 0 Å². The SMILES string of the molecule is COCCC1(CNCCCC2CCNC2)CC1. The smallest absolute Gasteiger partial charge is 0.0468 e. The summed E-state index contributed by atoms with van der Waals surface area (Å²) in [4.78, 5) is 0. The van der Waals surface area contributed by atoms with Gasteiger partial charge in [0.2, 0.25) is 0 Å². The summed E-state index contributed by atoms with van der Waals surface area (Å²) in [6.07, 6.45) is 8.16. The minimum absolute atomic E-state index is 0.602. The molecule has 0 aromatic heterocycles. The molecule has 1 unspecified atom stereocenters. The van der Waals surface area contributed by atoms with Gasteiger partial charge in [-0.2, -0.15) is 0 Å². The van der Waals surface area contributed by atoms with Crippen molar-refractivity contribution in [1.29, 1.82) is 0 Å². The molecular formula is C14H28N2O. The van der Waals surface area contributed by atoms with E-state index in [1.807, 2.05) is 0 Å². The van der Waals surface area contributed by atoms with Crippen molar-refractivity contribution in [2.45, 2.75) is 38.5 Å². The highest BCUT2D eigenvalue weighted by atomic mass is 16.5. The highest BCUT2D eigenvalue weighted by molar-refractivity contribution is 4.94. The van der Waals surface area contributed by atoms with Gasteiger partial charge in [-0.1, -0.05) is 0 Å². The van der Waals surface area contributed by atoms with Gasteiger partial charge >= 0.3 is 0 Å². The minimum atomic E-state index is 0.602. The van der Waals surface area contributed by atoms with Gasteiger partial charge in [-0.05, 0) is 69.5 Å². The van der Waals surface area contributed by atoms with E-state index in [9.17, 15) is 0 Å². The monoisotopic (exact) mass is 240 g/mol. The molecule has 3 nitrogen and oxygen atoms in total. The molecule has 0 spiro atoms. The molecule has 0 radical (unpaired) electrons. The second-order valence-electron chi connectivity index (χ2n) is 5.92. The normalized spacial score (nSPS) is 26.3. The van der Waals surface area contributed by atoms with Gasteiger partial charge in [0, 0.05) is 20.3 Å². The summed E-state index contributed by atoms with van der Waals surface area (Å²) < 4.78 is 5.18. The van der Waals surface area contributed by atoms with Crippen LogP contribution in [0, 0.1) is 11.3 Å². The maximum absolute atomic E-state index is 5.18. The first kappa shape index (κ1) is 13.3. The van der Waals surface area contributed by atoms with Gasteiger partial charge in [0.25, 0.3) is 0 Å². The quantitative estimate of drug-likeness (QED) is 0.603. The van der Waals surface area contributed by atoms with Crippen molar-refractivity contribution in [2.75, 3.05) is 39.9 Å². The van der Waals surface area contributed by atoms with Crippen molar-refractivity contribution in [3.05, 3.63) is 0 Å². The number of nitrogens with one attached hydrogen (secondary N) is 2. The van der Waals surface area contributed by atoms with Crippen molar-refractivity contribution in [2.24, 2.45) is 11.3 Å². The highest BCUT2D eigenvalue weighted by Gasteiger charge is 2.41. The number of rotatable bonds is 9. The fourth-order valence-electron chi connectivity index (χ4n) is 2.84. The summed E-state index contributed by atoms with van der Waals surface area (Å²) in [6.45, 7) is 5.82. The van der Waals surface area contributed by atoms with Crippen LogP contribution in [0.1, 0.15) is 38.5 Å². The molecule has 1 aliphatic heterocycles. The van der Waals surface area contributed by atoms with E-state index in [2.05, 4.69) is 10.6 Å². The van der Waals surface area contributed by atoms with Crippen molar-refractivity contribution >= 4 is 0 Å². The van der Waals surface area contributed by atoms with Crippen LogP contribution in [-0.2, 0) is 4.74 Å². The third-order valence-electron chi connectivity index (χ3n) is 4.42. The first-order valence-corrected chi connectivity index (χ1v) is 7.25. The van der Waals surface area contributed by atoms with Crippen LogP contribution in [0.25, 0.3) is 0 Å². The largest absolute Gasteiger partial charge is 0.385 e. The lowest BCUT2D eigenvalue weighted by Crippen LogP contribution is -2.26. The van der Waals surface area contributed by atoms with Gasteiger partial charge in [0.1, 0.15) is 0 Å². The summed E-state index contributed by atoms with van der Waals surface area (Å²) in [7, 11) is 1.80. The lowest BCUT2D eigenvalue weighted by atomic mass is 10.0. The first-order chi connectivity index (χ1) is 8.35. The van der Waals surface area contributed by atoms with E-state index in [0.29, 0.717) is 5.41 Å². The molecule has 100 valence electrons. The van der Waals surface area contributed by atoms with Crippen LogP contribution in [0.5, 0.6) is 0 Å². The lowest BCUT2D eigenvalue weighted by molar-refractivity contribution is 0.171. The fraction of sp³-hybridized carbons (Fsp3) is 1.00. The maximum atomic E-state index is 5.18. The Balaban J connectivity index is 1.45. The topological polar surface area (TPSA) is 33.3 Å². The lowest BCUT2D eigenvalue weighted by Gasteiger charge is -2.16. The van der Waals surface area contributed by atoms with E-state index in [0.717, 1.165) is 12.5 Å². The molecule has 1 atom stereocenters. The Hall–Kier alpha value is -0.120. The Bertz CT molecular complexity index is 210. The Morgan fingerprint density at radius 1 is 1.41 bits per heavy atom. The van der Waals surface area contributed by atoms with Crippen LogP contribution in [0.3, 0.4) is 0 Å². The maximum Gasteiger partial charge on any atom is 0.0468 e. The first-order valence-electron chi connectivity index (χ1n) is 7.25. The molecule has 0 aromatic carbocycles. The standard InChI is InChI=1S/C14H28N2O/c1-17-10-7-14(5-6-14)12-16-8-2-3-13-4-9-15-11-13/h13,15-16H,2-12H2,1H3. The van der Waals surface area contributed by atoms with Crippen LogP contribution in [0.4, 0.5) is 0 Å². The van der Waals surface area contributed by atoms with Crippen molar-refractivity contribution < 1.29 is 4.74 Å². The van der Waals surface area contributed by atoms with Gasteiger partial charge in [-0.3, -0.25) is 0 Å². The van der Waals surface area contributed by atoms with Crippen molar-refractivity contribution in [3.63, 3.8) is 0 Å². The molecule has 0 amide bonds. The molecule has 0 aromatic rings. The molecule has 1 aliphatic carbocycles. The summed E-state index contributed by atoms with van der Waals surface area (Å²) in [5.41, 5.74) is 0.602. The van der Waals surface area contributed by atoms with Gasteiger partial charge in [-0.15, -0.1) is 0 Å². The molecule has 17 heavy (non-hydrogen) atoms. The summed E-state index contributed by atoms with van der Waals surface area (Å²) in [5.74, 6) is 0.945. The second-order valence-corrected chi connectivity index (χ2v) is 5.92. The van der Waals surface area contributed by atoms with E-state index in [1.54, 1.807) is 7.11 Å². The zero-order valence-corrected chi connectivity index (χ0v) is 11.3. The van der Waals surface area contributed by atoms with Crippen LogP contribution >= 0.6 is 0 Å². The number of hydrogen-bond acceptors (Lipinski definition) is 3. The Morgan fingerprint density at radius 2 is 2.29 bits per heavy atom. The highest BCUT2D eigenvalue weighted by Crippen LogP contribution is 2.48. The van der Waals surface area contributed by atoms with Gasteiger partial charge in [-0.25, -0.2) is 0 Å². The summed E-state index contributed by atoms with van der Waals surface area (Å²) in [6, 6.07) is 0. The van der Waals surface area contributed by atoms with Gasteiger partial charge < -0.3 is 15.4 Å². The molecule has 2 aliphatic rings. The molecule has 3 heteroatoms. The Labute approximate surface area is 106 Å². The van der Waals surface area contributed by atoms with Crippen molar-refractivity contribution in [3.8, 4) is 0 Å². The zero-order chi connectivity index (χ0) is 12.0. The van der Waals surface area contributed by atoms with E-state index in [-0.39, 0.29) is 0 Å². The minimum Gasteiger partial charge on any atom is -0.385 e. The fourth-order valence-corrected chi connectivity index (χ4v) is 2.84. The molecule has 2 fully saturated rings. The van der Waals surface area contributed by atoms with Crippen molar-refractivity contribution in [1.82, 2.24) is 10.6 Å². The molecule has 1 heterocycles. The van der Waals surface area contributed by atoms with Crippen LogP contribution in [-0.4, -0.2) is 39.9 Å². The molecular weight excluding hydrogens is 212 g/mol. The molecule has 0 bridgehead atoms. The van der Waals surface area contributed by atoms with Crippen LogP contribution < -0.4 is 10.6 Å². The third kappa shape index (κ3) is 4.57. The van der Waals surface area contributed by atoms with E-state index < -0.39 is 0 Å². The molecule has 2 N–H and O–H groups in total. The number of methoxy groups -OCH3 is 1. The predicted octanol–water partition coefficient (Wildman–Crippen LogP) is 1.78. The van der Waals surface area contributed by atoms with Gasteiger partial charge in [0.15, 0.2) is 0 Å². The van der Waals surface area contributed by atoms with Crippen LogP contribution in [0.15, 0.2) is 0 Å². The number of ether oxygens (including phenoxy) is 1. The Kier molecular flexibility index (Phi) is 5.26. The van der Waals surface area contributed by atoms with Crippen LogP contribution in [0.2, 0.25) is 0 Å². The molecule has 2 rings (SSSR count). The molecule has 1 saturated carbocycles.